The number of nitrogens with one attached hydrogen (secondary N) is 1. The van der Waals surface area contributed by atoms with E-state index < -0.39 is 0 Å². The van der Waals surface area contributed by atoms with E-state index in [0.29, 0.717) is 16.8 Å². The summed E-state index contributed by atoms with van der Waals surface area (Å²) in [6.45, 7) is 1.06. The maximum Gasteiger partial charge on any atom is 0.255 e. The fraction of sp³-hybridized carbons (Fsp3) is 0.222. The molecular weight excluding hydrogens is 322 g/mol. The maximum atomic E-state index is 12.4. The standard InChI is InChI=1S/C18H17N3O2S/c22-18(20-14-5-8-17-16(11-14)19-12-23-17)13-3-6-15(7-4-13)21-9-1-2-10-24-21/h3-8,11-12H,1-2,9-10H2,(H,20,22). The summed E-state index contributed by atoms with van der Waals surface area (Å²) in [5.74, 6) is 1.03. The molecule has 1 N–H and O–H groups in total. The van der Waals surface area contributed by atoms with Crippen LogP contribution < -0.4 is 9.62 Å². The maximum absolute atomic E-state index is 12.4. The molecule has 0 radical (unpaired) electrons. The molecule has 2 heterocycles. The number of hydrogen-bond acceptors (Lipinski definition) is 5. The van der Waals surface area contributed by atoms with Crippen LogP contribution in [0.15, 0.2) is 53.3 Å². The van der Waals surface area contributed by atoms with Gasteiger partial charge in [-0.15, -0.1) is 0 Å². The largest absolute Gasteiger partial charge is 0.443 e. The van der Waals surface area contributed by atoms with Gasteiger partial charge in [-0.1, -0.05) is 0 Å². The van der Waals surface area contributed by atoms with Crippen LogP contribution in [-0.2, 0) is 0 Å². The Morgan fingerprint density at radius 1 is 1.17 bits per heavy atom. The predicted octanol–water partition coefficient (Wildman–Crippen LogP) is 4.33. The van der Waals surface area contributed by atoms with Crippen molar-refractivity contribution in [3.8, 4) is 0 Å². The highest BCUT2D eigenvalue weighted by atomic mass is 32.2. The Hall–Kier alpha value is -2.47. The topological polar surface area (TPSA) is 58.4 Å². The van der Waals surface area contributed by atoms with Gasteiger partial charge in [0.2, 0.25) is 0 Å². The molecule has 1 aliphatic heterocycles. The summed E-state index contributed by atoms with van der Waals surface area (Å²) >= 11 is 1.85. The van der Waals surface area contributed by atoms with Crippen molar-refractivity contribution in [2.45, 2.75) is 12.8 Å². The monoisotopic (exact) mass is 339 g/mol. The molecule has 0 bridgehead atoms. The van der Waals surface area contributed by atoms with E-state index in [2.05, 4.69) is 14.6 Å². The molecule has 1 amide bonds. The second kappa shape index (κ2) is 6.57. The van der Waals surface area contributed by atoms with Crippen LogP contribution in [0.3, 0.4) is 0 Å². The van der Waals surface area contributed by atoms with Crippen molar-refractivity contribution >= 4 is 40.3 Å². The molecule has 5 nitrogen and oxygen atoms in total. The van der Waals surface area contributed by atoms with Crippen molar-refractivity contribution in [3.05, 3.63) is 54.4 Å². The SMILES string of the molecule is O=C(Nc1ccc2ocnc2c1)c1ccc(N2CCCCS2)cc1. The molecule has 3 aromatic rings. The number of benzene rings is 2. The van der Waals surface area contributed by atoms with Crippen LogP contribution in [0.4, 0.5) is 11.4 Å². The third-order valence-electron chi connectivity index (χ3n) is 4.01. The van der Waals surface area contributed by atoms with Crippen LogP contribution in [-0.4, -0.2) is 23.2 Å². The molecule has 0 atom stereocenters. The summed E-state index contributed by atoms with van der Waals surface area (Å²) in [5.41, 5.74) is 3.93. The molecule has 0 unspecified atom stereocenters. The number of carbonyl (C=O) groups excluding carboxylic acids is 1. The molecule has 0 saturated carbocycles. The van der Waals surface area contributed by atoms with Crippen LogP contribution in [0.1, 0.15) is 23.2 Å². The lowest BCUT2D eigenvalue weighted by atomic mass is 10.2. The van der Waals surface area contributed by atoms with Gasteiger partial charge >= 0.3 is 0 Å². The normalized spacial score (nSPS) is 14.8. The van der Waals surface area contributed by atoms with Crippen LogP contribution in [0.25, 0.3) is 11.1 Å². The molecule has 2 aromatic carbocycles. The van der Waals surface area contributed by atoms with Crippen molar-refractivity contribution in [3.63, 3.8) is 0 Å². The molecule has 1 fully saturated rings. The second-order valence-electron chi connectivity index (χ2n) is 5.68. The minimum Gasteiger partial charge on any atom is -0.443 e. The number of rotatable bonds is 3. The Kier molecular flexibility index (Phi) is 4.13. The van der Waals surface area contributed by atoms with Crippen LogP contribution >= 0.6 is 11.9 Å². The summed E-state index contributed by atoms with van der Waals surface area (Å²) in [6.07, 6.45) is 3.89. The third kappa shape index (κ3) is 3.10. The van der Waals surface area contributed by atoms with E-state index in [1.807, 2.05) is 42.3 Å². The second-order valence-corrected chi connectivity index (χ2v) is 6.79. The van der Waals surface area contributed by atoms with Gasteiger partial charge in [-0.3, -0.25) is 4.79 Å². The van der Waals surface area contributed by atoms with Crippen LogP contribution in [0.5, 0.6) is 0 Å². The highest BCUT2D eigenvalue weighted by Gasteiger charge is 2.13. The zero-order chi connectivity index (χ0) is 16.4. The molecule has 24 heavy (non-hydrogen) atoms. The van der Waals surface area contributed by atoms with Gasteiger partial charge in [-0.25, -0.2) is 4.98 Å². The van der Waals surface area contributed by atoms with Gasteiger partial charge in [-0.2, -0.15) is 0 Å². The summed E-state index contributed by atoms with van der Waals surface area (Å²) in [7, 11) is 0. The summed E-state index contributed by atoms with van der Waals surface area (Å²) in [5, 5.41) is 2.90. The van der Waals surface area contributed by atoms with Crippen LogP contribution in [0, 0.1) is 0 Å². The number of carbonyl (C=O) groups is 1. The van der Waals surface area contributed by atoms with Gasteiger partial charge in [0.15, 0.2) is 12.0 Å². The third-order valence-corrected chi connectivity index (χ3v) is 5.18. The van der Waals surface area contributed by atoms with Crippen molar-refractivity contribution < 1.29 is 9.21 Å². The number of amides is 1. The van der Waals surface area contributed by atoms with Crippen molar-refractivity contribution in [2.24, 2.45) is 0 Å². The molecule has 1 aromatic heterocycles. The smallest absolute Gasteiger partial charge is 0.255 e. The van der Waals surface area contributed by atoms with E-state index in [1.54, 1.807) is 12.1 Å². The Balaban J connectivity index is 1.47. The first-order valence-corrected chi connectivity index (χ1v) is 8.89. The van der Waals surface area contributed by atoms with Crippen molar-refractivity contribution in [1.82, 2.24) is 4.98 Å². The lowest BCUT2D eigenvalue weighted by Crippen LogP contribution is -2.21. The average molecular weight is 339 g/mol. The highest BCUT2D eigenvalue weighted by molar-refractivity contribution is 8.00. The fourth-order valence-electron chi connectivity index (χ4n) is 2.72. The first kappa shape index (κ1) is 15.1. The molecule has 1 aliphatic rings. The molecule has 122 valence electrons. The number of anilines is 2. The Bertz CT molecular complexity index is 854. The lowest BCUT2D eigenvalue weighted by molar-refractivity contribution is 0.102. The number of aromatic nitrogens is 1. The van der Waals surface area contributed by atoms with E-state index in [-0.39, 0.29) is 5.91 Å². The van der Waals surface area contributed by atoms with E-state index in [9.17, 15) is 4.79 Å². The van der Waals surface area contributed by atoms with Gasteiger partial charge in [0.1, 0.15) is 5.52 Å². The Morgan fingerprint density at radius 3 is 2.83 bits per heavy atom. The van der Waals surface area contributed by atoms with Crippen LogP contribution in [0.2, 0.25) is 0 Å². The number of hydrogen-bond donors (Lipinski definition) is 1. The lowest BCUT2D eigenvalue weighted by Gasteiger charge is -2.27. The predicted molar refractivity (Wildman–Crippen MR) is 97.4 cm³/mol. The van der Waals surface area contributed by atoms with Gasteiger partial charge in [0.05, 0.1) is 0 Å². The first-order valence-electron chi connectivity index (χ1n) is 7.95. The molecular formula is C18H17N3O2S. The number of oxazole rings is 1. The Morgan fingerprint density at radius 2 is 2.04 bits per heavy atom. The minimum atomic E-state index is -0.129. The quantitative estimate of drug-likeness (QED) is 0.720. The van der Waals surface area contributed by atoms with E-state index in [1.165, 1.54) is 19.2 Å². The summed E-state index contributed by atoms with van der Waals surface area (Å²) in [6, 6.07) is 13.2. The van der Waals surface area contributed by atoms with Crippen molar-refractivity contribution in [1.29, 1.82) is 0 Å². The van der Waals surface area contributed by atoms with Crippen molar-refractivity contribution in [2.75, 3.05) is 21.9 Å². The fourth-order valence-corrected chi connectivity index (χ4v) is 3.80. The van der Waals surface area contributed by atoms with E-state index in [4.69, 9.17) is 4.42 Å². The molecule has 0 spiro atoms. The molecule has 6 heteroatoms. The number of nitrogens with zero attached hydrogens (tertiary/aromatic N) is 2. The zero-order valence-corrected chi connectivity index (χ0v) is 13.9. The van der Waals surface area contributed by atoms with E-state index >= 15 is 0 Å². The highest BCUT2D eigenvalue weighted by Crippen LogP contribution is 2.27. The van der Waals surface area contributed by atoms with E-state index in [0.717, 1.165) is 23.5 Å². The first-order chi connectivity index (χ1) is 11.8. The average Bonchev–Trinajstić information content (AvgIpc) is 3.10. The minimum absolute atomic E-state index is 0.129. The molecule has 0 aliphatic carbocycles. The molecule has 4 rings (SSSR count). The van der Waals surface area contributed by atoms with Gasteiger partial charge < -0.3 is 14.0 Å². The summed E-state index contributed by atoms with van der Waals surface area (Å²) in [4.78, 5) is 16.5. The summed E-state index contributed by atoms with van der Waals surface area (Å²) < 4.78 is 7.50. The molecule has 1 saturated heterocycles. The zero-order valence-electron chi connectivity index (χ0n) is 13.1. The Labute approximate surface area is 144 Å². The van der Waals surface area contributed by atoms with Gasteiger partial charge in [0, 0.05) is 29.2 Å². The van der Waals surface area contributed by atoms with Gasteiger partial charge in [-0.05, 0) is 67.3 Å². The number of fused-ring (bicyclic) bond motifs is 1. The van der Waals surface area contributed by atoms with Gasteiger partial charge in [0.25, 0.3) is 5.91 Å².